The Labute approximate surface area is 80.4 Å². The van der Waals surface area contributed by atoms with E-state index in [9.17, 15) is 0 Å². The molecule has 3 heteroatoms. The average Bonchev–Trinajstić information content (AvgIpc) is 2.14. The Kier molecular flexibility index (Phi) is 7.99. The molecule has 0 amide bonds. The van der Waals surface area contributed by atoms with Gasteiger partial charge in [-0.15, -0.1) is 0 Å². The zero-order valence-electron chi connectivity index (χ0n) is 8.75. The van der Waals surface area contributed by atoms with E-state index >= 15 is 0 Å². The van der Waals surface area contributed by atoms with E-state index < -0.39 is 0 Å². The molecule has 1 N–H and O–H groups in total. The molecule has 0 aromatic carbocycles. The summed E-state index contributed by atoms with van der Waals surface area (Å²) in [5, 5.41) is 8.76. The van der Waals surface area contributed by atoms with Crippen LogP contribution in [0, 0.1) is 0 Å². The Morgan fingerprint density at radius 3 is 2.23 bits per heavy atom. The summed E-state index contributed by atoms with van der Waals surface area (Å²) in [6, 6.07) is 0. The van der Waals surface area contributed by atoms with Crippen LogP contribution in [0.5, 0.6) is 0 Å². The normalized spacial score (nSPS) is 12.5. The third kappa shape index (κ3) is 6.75. The van der Waals surface area contributed by atoms with E-state index in [1.165, 1.54) is 0 Å². The van der Waals surface area contributed by atoms with Crippen LogP contribution in [-0.4, -0.2) is 31.2 Å². The van der Waals surface area contributed by atoms with E-state index in [4.69, 9.17) is 14.6 Å². The second-order valence-corrected chi connectivity index (χ2v) is 2.78. The van der Waals surface area contributed by atoms with Crippen LogP contribution in [0.25, 0.3) is 0 Å². The van der Waals surface area contributed by atoms with Gasteiger partial charge in [0.2, 0.25) is 0 Å². The quantitative estimate of drug-likeness (QED) is 0.488. The summed E-state index contributed by atoms with van der Waals surface area (Å²) in [5.74, 6) is 0. The minimum Gasteiger partial charge on any atom is -0.392 e. The number of ether oxygens (including phenoxy) is 2. The van der Waals surface area contributed by atoms with Crippen LogP contribution in [0.2, 0.25) is 0 Å². The summed E-state index contributed by atoms with van der Waals surface area (Å²) in [6.07, 6.45) is 2.47. The molecule has 13 heavy (non-hydrogen) atoms. The van der Waals surface area contributed by atoms with Crippen molar-refractivity contribution in [3.63, 3.8) is 0 Å². The largest absolute Gasteiger partial charge is 0.392 e. The SMILES string of the molecule is CCOC(C/C=C(\C)CO)OCC. The van der Waals surface area contributed by atoms with Gasteiger partial charge in [0.25, 0.3) is 0 Å². The summed E-state index contributed by atoms with van der Waals surface area (Å²) in [7, 11) is 0. The van der Waals surface area contributed by atoms with E-state index in [2.05, 4.69) is 0 Å². The van der Waals surface area contributed by atoms with Crippen molar-refractivity contribution < 1.29 is 14.6 Å². The number of hydrogen-bond acceptors (Lipinski definition) is 3. The number of aliphatic hydroxyl groups is 1. The van der Waals surface area contributed by atoms with Crippen molar-refractivity contribution in [1.82, 2.24) is 0 Å². The molecule has 0 aliphatic carbocycles. The maximum Gasteiger partial charge on any atom is 0.160 e. The molecule has 0 aromatic rings. The van der Waals surface area contributed by atoms with Crippen molar-refractivity contribution in [3.05, 3.63) is 11.6 Å². The molecule has 0 aliphatic heterocycles. The molecule has 0 spiro atoms. The fourth-order valence-electron chi connectivity index (χ4n) is 0.918. The minimum atomic E-state index is -0.170. The van der Waals surface area contributed by atoms with Crippen LogP contribution >= 0.6 is 0 Å². The Bertz CT molecular complexity index is 137. The van der Waals surface area contributed by atoms with Crippen LogP contribution in [0.1, 0.15) is 27.2 Å². The van der Waals surface area contributed by atoms with Crippen LogP contribution in [-0.2, 0) is 9.47 Å². The Hall–Kier alpha value is -0.380. The van der Waals surface area contributed by atoms with E-state index in [0.29, 0.717) is 19.6 Å². The number of rotatable bonds is 7. The summed E-state index contributed by atoms with van der Waals surface area (Å²) >= 11 is 0. The molecule has 78 valence electrons. The molecule has 0 bridgehead atoms. The molecule has 0 saturated heterocycles. The predicted molar refractivity (Wildman–Crippen MR) is 52.5 cm³/mol. The summed E-state index contributed by atoms with van der Waals surface area (Å²) in [4.78, 5) is 0. The predicted octanol–water partition coefficient (Wildman–Crippen LogP) is 1.71. The highest BCUT2D eigenvalue weighted by atomic mass is 16.7. The number of hydrogen-bond donors (Lipinski definition) is 1. The lowest BCUT2D eigenvalue weighted by molar-refractivity contribution is -0.133. The van der Waals surface area contributed by atoms with Gasteiger partial charge in [-0.25, -0.2) is 0 Å². The lowest BCUT2D eigenvalue weighted by atomic mass is 10.2. The highest BCUT2D eigenvalue weighted by molar-refractivity contribution is 4.97. The van der Waals surface area contributed by atoms with Crippen molar-refractivity contribution >= 4 is 0 Å². The van der Waals surface area contributed by atoms with Gasteiger partial charge in [-0.3, -0.25) is 0 Å². The van der Waals surface area contributed by atoms with E-state index in [0.717, 1.165) is 5.57 Å². The molecular weight excluding hydrogens is 168 g/mol. The highest BCUT2D eigenvalue weighted by Crippen LogP contribution is 2.04. The third-order valence-corrected chi connectivity index (χ3v) is 1.61. The number of aliphatic hydroxyl groups excluding tert-OH is 1. The molecule has 0 aliphatic rings. The second kappa shape index (κ2) is 8.23. The molecule has 0 saturated carbocycles. The summed E-state index contributed by atoms with van der Waals surface area (Å²) in [5.41, 5.74) is 0.949. The smallest absolute Gasteiger partial charge is 0.160 e. The van der Waals surface area contributed by atoms with Gasteiger partial charge in [0.1, 0.15) is 0 Å². The van der Waals surface area contributed by atoms with Crippen LogP contribution < -0.4 is 0 Å². The lowest BCUT2D eigenvalue weighted by Crippen LogP contribution is -2.16. The molecule has 0 radical (unpaired) electrons. The maximum absolute atomic E-state index is 8.76. The second-order valence-electron chi connectivity index (χ2n) is 2.78. The Balaban J connectivity index is 3.79. The van der Waals surface area contributed by atoms with E-state index in [1.54, 1.807) is 0 Å². The monoisotopic (exact) mass is 188 g/mol. The molecular formula is C10H20O3. The maximum atomic E-state index is 8.76. The first-order valence-electron chi connectivity index (χ1n) is 4.74. The lowest BCUT2D eigenvalue weighted by Gasteiger charge is -2.14. The molecule has 0 unspecified atom stereocenters. The van der Waals surface area contributed by atoms with E-state index in [1.807, 2.05) is 26.8 Å². The molecule has 3 nitrogen and oxygen atoms in total. The molecule has 0 rings (SSSR count). The van der Waals surface area contributed by atoms with Crippen LogP contribution in [0.4, 0.5) is 0 Å². The zero-order chi connectivity index (χ0) is 10.1. The zero-order valence-corrected chi connectivity index (χ0v) is 8.75. The van der Waals surface area contributed by atoms with Gasteiger partial charge in [0.05, 0.1) is 6.61 Å². The van der Waals surface area contributed by atoms with Gasteiger partial charge in [-0.2, -0.15) is 0 Å². The van der Waals surface area contributed by atoms with Gasteiger partial charge in [-0.1, -0.05) is 11.6 Å². The standard InChI is InChI=1S/C10H20O3/c1-4-12-10(13-5-2)7-6-9(3)8-11/h6,10-11H,4-5,7-8H2,1-3H3/b9-6+. The summed E-state index contributed by atoms with van der Waals surface area (Å²) < 4.78 is 10.7. The fourth-order valence-corrected chi connectivity index (χ4v) is 0.918. The molecule has 0 heterocycles. The van der Waals surface area contributed by atoms with Gasteiger partial charge < -0.3 is 14.6 Å². The van der Waals surface area contributed by atoms with Gasteiger partial charge in [-0.05, 0) is 20.8 Å². The molecule has 0 atom stereocenters. The van der Waals surface area contributed by atoms with Gasteiger partial charge in [0, 0.05) is 19.6 Å². The first kappa shape index (κ1) is 12.6. The first-order chi connectivity index (χ1) is 6.24. The van der Waals surface area contributed by atoms with Crippen molar-refractivity contribution in [2.45, 2.75) is 33.5 Å². The minimum absolute atomic E-state index is 0.102. The van der Waals surface area contributed by atoms with Crippen molar-refractivity contribution in [1.29, 1.82) is 0 Å². The van der Waals surface area contributed by atoms with Gasteiger partial charge in [0.15, 0.2) is 6.29 Å². The van der Waals surface area contributed by atoms with Crippen LogP contribution in [0.15, 0.2) is 11.6 Å². The van der Waals surface area contributed by atoms with Crippen molar-refractivity contribution in [2.75, 3.05) is 19.8 Å². The van der Waals surface area contributed by atoms with Gasteiger partial charge >= 0.3 is 0 Å². The van der Waals surface area contributed by atoms with Crippen LogP contribution in [0.3, 0.4) is 0 Å². The first-order valence-corrected chi connectivity index (χ1v) is 4.74. The highest BCUT2D eigenvalue weighted by Gasteiger charge is 2.04. The van der Waals surface area contributed by atoms with E-state index in [-0.39, 0.29) is 12.9 Å². The Morgan fingerprint density at radius 2 is 1.85 bits per heavy atom. The molecule has 0 fully saturated rings. The Morgan fingerprint density at radius 1 is 1.31 bits per heavy atom. The molecule has 0 aromatic heterocycles. The van der Waals surface area contributed by atoms with Crippen molar-refractivity contribution in [2.24, 2.45) is 0 Å². The average molecular weight is 188 g/mol. The summed E-state index contributed by atoms with van der Waals surface area (Å²) in [6.45, 7) is 7.16. The van der Waals surface area contributed by atoms with Crippen molar-refractivity contribution in [3.8, 4) is 0 Å². The third-order valence-electron chi connectivity index (χ3n) is 1.61. The fraction of sp³-hybridized carbons (Fsp3) is 0.800. The topological polar surface area (TPSA) is 38.7 Å².